The molecule has 0 heterocycles. The molecule has 0 radical (unpaired) electrons. The molecule has 0 saturated heterocycles. The van der Waals surface area contributed by atoms with Crippen molar-refractivity contribution in [2.45, 2.75) is 26.8 Å². The number of amides is 1. The quantitative estimate of drug-likeness (QED) is 0.690. The lowest BCUT2D eigenvalue weighted by molar-refractivity contribution is -0.122. The molecule has 3 N–H and O–H groups in total. The number of hydrogen-bond donors (Lipinski definition) is 2. The van der Waals surface area contributed by atoms with E-state index in [1.165, 1.54) is 5.56 Å². The van der Waals surface area contributed by atoms with Gasteiger partial charge in [0.15, 0.2) is 0 Å². The molecule has 4 heteroatoms. The van der Waals surface area contributed by atoms with Crippen molar-refractivity contribution < 1.29 is 9.53 Å². The van der Waals surface area contributed by atoms with E-state index in [1.54, 1.807) is 6.92 Å². The maximum absolute atomic E-state index is 10.9. The highest BCUT2D eigenvalue weighted by Gasteiger charge is 2.09. The predicted molar refractivity (Wildman–Crippen MR) is 72.3 cm³/mol. The molecule has 1 aromatic rings. The molecule has 0 aromatic heterocycles. The van der Waals surface area contributed by atoms with Crippen molar-refractivity contribution in [2.75, 3.05) is 13.2 Å². The van der Waals surface area contributed by atoms with Gasteiger partial charge >= 0.3 is 0 Å². The van der Waals surface area contributed by atoms with Gasteiger partial charge in [-0.1, -0.05) is 26.0 Å². The van der Waals surface area contributed by atoms with E-state index >= 15 is 0 Å². The van der Waals surface area contributed by atoms with E-state index in [0.717, 1.165) is 25.3 Å². The normalized spacial score (nSPS) is 12.1. The Labute approximate surface area is 109 Å². The van der Waals surface area contributed by atoms with Crippen molar-refractivity contribution in [3.8, 4) is 5.75 Å². The van der Waals surface area contributed by atoms with Crippen molar-refractivity contribution in [3.63, 3.8) is 0 Å². The zero-order chi connectivity index (χ0) is 13.4. The zero-order valence-electron chi connectivity index (χ0n) is 11.1. The second kappa shape index (κ2) is 7.71. The Balaban J connectivity index is 2.46. The smallest absolute Gasteiger partial charge is 0.223 e. The Kier molecular flexibility index (Phi) is 6.22. The largest absolute Gasteiger partial charge is 0.493 e. The van der Waals surface area contributed by atoms with Gasteiger partial charge in [-0.3, -0.25) is 4.79 Å². The number of carbonyl (C=O) groups excluding carboxylic acids is 1. The highest BCUT2D eigenvalue weighted by molar-refractivity contribution is 5.76. The first kappa shape index (κ1) is 14.5. The highest BCUT2D eigenvalue weighted by atomic mass is 16.5. The monoisotopic (exact) mass is 250 g/mol. The average molecular weight is 250 g/mol. The predicted octanol–water partition coefficient (Wildman–Crippen LogP) is 1.69. The first-order valence-corrected chi connectivity index (χ1v) is 6.35. The minimum atomic E-state index is -0.337. The van der Waals surface area contributed by atoms with Crippen LogP contribution < -0.4 is 15.8 Å². The molecule has 1 aromatic carbocycles. The summed E-state index contributed by atoms with van der Waals surface area (Å²) in [6, 6.07) is 7.87. The van der Waals surface area contributed by atoms with Gasteiger partial charge in [-0.15, -0.1) is 0 Å². The Bertz CT molecular complexity index is 380. The second-order valence-electron chi connectivity index (χ2n) is 4.44. The fraction of sp³-hybridized carbons (Fsp3) is 0.500. The molecule has 1 rings (SSSR count). The molecule has 0 bridgehead atoms. The molecule has 100 valence electrons. The number of nitrogens with one attached hydrogen (secondary N) is 1. The molecule has 1 unspecified atom stereocenters. The number of primary amides is 1. The zero-order valence-corrected chi connectivity index (χ0v) is 11.1. The van der Waals surface area contributed by atoms with Crippen LogP contribution in [-0.4, -0.2) is 19.1 Å². The van der Waals surface area contributed by atoms with Gasteiger partial charge in [0.25, 0.3) is 0 Å². The van der Waals surface area contributed by atoms with Crippen LogP contribution in [0.2, 0.25) is 0 Å². The van der Waals surface area contributed by atoms with Crippen LogP contribution in [0.3, 0.4) is 0 Å². The second-order valence-corrected chi connectivity index (χ2v) is 4.44. The van der Waals surface area contributed by atoms with E-state index in [1.807, 2.05) is 24.3 Å². The van der Waals surface area contributed by atoms with Crippen LogP contribution in [0.5, 0.6) is 5.75 Å². The van der Waals surface area contributed by atoms with E-state index in [2.05, 4.69) is 12.2 Å². The third-order valence-electron chi connectivity index (χ3n) is 2.64. The Hall–Kier alpha value is -1.55. The fourth-order valence-corrected chi connectivity index (χ4v) is 1.46. The first-order valence-electron chi connectivity index (χ1n) is 6.35. The number of nitrogens with two attached hydrogens (primary N) is 1. The molecule has 0 saturated carbocycles. The third-order valence-corrected chi connectivity index (χ3v) is 2.64. The van der Waals surface area contributed by atoms with Crippen LogP contribution in [0.15, 0.2) is 24.3 Å². The topological polar surface area (TPSA) is 64.3 Å². The van der Waals surface area contributed by atoms with Crippen LogP contribution in [0.1, 0.15) is 25.8 Å². The molecule has 1 amide bonds. The van der Waals surface area contributed by atoms with Gasteiger partial charge in [-0.2, -0.15) is 0 Å². The summed E-state index contributed by atoms with van der Waals surface area (Å²) in [6.45, 7) is 6.05. The Morgan fingerprint density at radius 1 is 1.50 bits per heavy atom. The Morgan fingerprint density at radius 3 is 2.94 bits per heavy atom. The van der Waals surface area contributed by atoms with Gasteiger partial charge < -0.3 is 15.8 Å². The van der Waals surface area contributed by atoms with Crippen LogP contribution in [0.25, 0.3) is 0 Å². The standard InChI is InChI=1S/C14H22N2O2/c1-3-7-16-9-12-5-4-6-13(8-12)18-10-11(2)14(15)17/h4-6,8,11,16H,3,7,9-10H2,1-2H3,(H2,15,17). The maximum Gasteiger partial charge on any atom is 0.223 e. The summed E-state index contributed by atoms with van der Waals surface area (Å²) in [5, 5.41) is 3.33. The van der Waals surface area contributed by atoms with Crippen LogP contribution in [-0.2, 0) is 11.3 Å². The summed E-state index contributed by atoms with van der Waals surface area (Å²) in [5.74, 6) is 0.168. The van der Waals surface area contributed by atoms with Crippen LogP contribution >= 0.6 is 0 Å². The third kappa shape index (κ3) is 5.19. The van der Waals surface area contributed by atoms with Gasteiger partial charge in [0.1, 0.15) is 5.75 Å². The summed E-state index contributed by atoms with van der Waals surface area (Å²) in [4.78, 5) is 10.9. The lowest BCUT2D eigenvalue weighted by Crippen LogP contribution is -2.25. The van der Waals surface area contributed by atoms with E-state index in [-0.39, 0.29) is 11.8 Å². The van der Waals surface area contributed by atoms with E-state index < -0.39 is 0 Å². The minimum Gasteiger partial charge on any atom is -0.493 e. The lowest BCUT2D eigenvalue weighted by Gasteiger charge is -2.11. The molecule has 18 heavy (non-hydrogen) atoms. The molecule has 0 spiro atoms. The molecule has 0 fully saturated rings. The van der Waals surface area contributed by atoms with Gasteiger partial charge in [0.2, 0.25) is 5.91 Å². The Morgan fingerprint density at radius 2 is 2.28 bits per heavy atom. The maximum atomic E-state index is 10.9. The minimum absolute atomic E-state index is 0.271. The first-order chi connectivity index (χ1) is 8.63. The molecule has 1 atom stereocenters. The summed E-state index contributed by atoms with van der Waals surface area (Å²) < 4.78 is 5.55. The van der Waals surface area contributed by atoms with Crippen molar-refractivity contribution in [1.82, 2.24) is 5.32 Å². The molecule has 0 aliphatic rings. The van der Waals surface area contributed by atoms with Crippen molar-refractivity contribution >= 4 is 5.91 Å². The fourth-order valence-electron chi connectivity index (χ4n) is 1.46. The molecule has 0 aliphatic heterocycles. The molecular formula is C14H22N2O2. The van der Waals surface area contributed by atoms with Gasteiger partial charge in [0.05, 0.1) is 12.5 Å². The number of ether oxygens (including phenoxy) is 1. The van der Waals surface area contributed by atoms with E-state index in [0.29, 0.717) is 6.61 Å². The average Bonchev–Trinajstić information content (AvgIpc) is 2.36. The number of rotatable bonds is 8. The number of hydrogen-bond acceptors (Lipinski definition) is 3. The van der Waals surface area contributed by atoms with E-state index in [9.17, 15) is 4.79 Å². The van der Waals surface area contributed by atoms with E-state index in [4.69, 9.17) is 10.5 Å². The molecule has 4 nitrogen and oxygen atoms in total. The van der Waals surface area contributed by atoms with Crippen molar-refractivity contribution in [2.24, 2.45) is 11.7 Å². The summed E-state index contributed by atoms with van der Waals surface area (Å²) in [5.41, 5.74) is 6.36. The van der Waals surface area contributed by atoms with Gasteiger partial charge in [-0.25, -0.2) is 0 Å². The molecular weight excluding hydrogens is 228 g/mol. The van der Waals surface area contributed by atoms with Gasteiger partial charge in [0, 0.05) is 6.54 Å². The van der Waals surface area contributed by atoms with Crippen molar-refractivity contribution in [3.05, 3.63) is 29.8 Å². The van der Waals surface area contributed by atoms with Crippen LogP contribution in [0, 0.1) is 5.92 Å². The summed E-state index contributed by atoms with van der Waals surface area (Å²) in [7, 11) is 0. The lowest BCUT2D eigenvalue weighted by atomic mass is 10.2. The van der Waals surface area contributed by atoms with Crippen molar-refractivity contribution in [1.29, 1.82) is 0 Å². The van der Waals surface area contributed by atoms with Gasteiger partial charge in [-0.05, 0) is 30.7 Å². The SMILES string of the molecule is CCCNCc1cccc(OCC(C)C(N)=O)c1. The molecule has 0 aliphatic carbocycles. The number of carbonyl (C=O) groups is 1. The highest BCUT2D eigenvalue weighted by Crippen LogP contribution is 2.14. The summed E-state index contributed by atoms with van der Waals surface area (Å²) >= 11 is 0. The summed E-state index contributed by atoms with van der Waals surface area (Å²) in [6.07, 6.45) is 1.12. The van der Waals surface area contributed by atoms with Crippen LogP contribution in [0.4, 0.5) is 0 Å². The number of benzene rings is 1.